The van der Waals surface area contributed by atoms with Crippen molar-refractivity contribution in [3.63, 3.8) is 0 Å². The number of hydrazine groups is 1. The van der Waals surface area contributed by atoms with Gasteiger partial charge in [0.25, 0.3) is 0 Å². The van der Waals surface area contributed by atoms with Crippen molar-refractivity contribution in [3.05, 3.63) is 17.1 Å². The first-order valence-electron chi connectivity index (χ1n) is 8.08. The van der Waals surface area contributed by atoms with E-state index in [1.807, 2.05) is 0 Å². The fourth-order valence-corrected chi connectivity index (χ4v) is 4.21. The van der Waals surface area contributed by atoms with Crippen molar-refractivity contribution >= 4 is 5.82 Å². The fraction of sp³-hybridized carbons (Fsp3) is 0.750. The molecule has 5 nitrogen and oxygen atoms in total. The zero-order chi connectivity index (χ0) is 15.1. The van der Waals surface area contributed by atoms with Crippen molar-refractivity contribution in [1.82, 2.24) is 14.9 Å². The SMILES string of the molecule is Cc1nc(C2CC3CCC(C2)N3C)nc(NN)c1C(C)C. The van der Waals surface area contributed by atoms with Crippen molar-refractivity contribution < 1.29 is 0 Å². The summed E-state index contributed by atoms with van der Waals surface area (Å²) >= 11 is 0. The summed E-state index contributed by atoms with van der Waals surface area (Å²) in [6, 6.07) is 1.41. The van der Waals surface area contributed by atoms with Gasteiger partial charge < -0.3 is 10.3 Å². The smallest absolute Gasteiger partial charge is 0.147 e. The minimum absolute atomic E-state index is 0.374. The predicted molar refractivity (Wildman–Crippen MR) is 85.2 cm³/mol. The second-order valence-corrected chi connectivity index (χ2v) is 6.95. The third-order valence-corrected chi connectivity index (χ3v) is 5.33. The summed E-state index contributed by atoms with van der Waals surface area (Å²) in [5.41, 5.74) is 4.98. The number of nitrogen functional groups attached to an aromatic ring is 1. The van der Waals surface area contributed by atoms with Crippen LogP contribution in [-0.2, 0) is 0 Å². The molecule has 1 aromatic rings. The zero-order valence-electron chi connectivity index (χ0n) is 13.6. The molecule has 0 aliphatic carbocycles. The van der Waals surface area contributed by atoms with Gasteiger partial charge in [-0.05, 0) is 45.6 Å². The molecule has 5 heteroatoms. The highest BCUT2D eigenvalue weighted by Crippen LogP contribution is 2.41. The average Bonchev–Trinajstić information content (AvgIpc) is 2.66. The minimum Gasteiger partial charge on any atom is -0.308 e. The third-order valence-electron chi connectivity index (χ3n) is 5.33. The Morgan fingerprint density at radius 1 is 1.19 bits per heavy atom. The highest BCUT2D eigenvalue weighted by atomic mass is 15.3. The zero-order valence-corrected chi connectivity index (χ0v) is 13.6. The summed E-state index contributed by atoms with van der Waals surface area (Å²) < 4.78 is 0. The van der Waals surface area contributed by atoms with Gasteiger partial charge in [-0.2, -0.15) is 0 Å². The Hall–Kier alpha value is -1.20. The molecular formula is C16H27N5. The van der Waals surface area contributed by atoms with Gasteiger partial charge in [0.2, 0.25) is 0 Å². The molecule has 3 N–H and O–H groups in total. The lowest BCUT2D eigenvalue weighted by molar-refractivity contribution is 0.159. The van der Waals surface area contributed by atoms with Gasteiger partial charge in [0.15, 0.2) is 0 Å². The number of anilines is 1. The average molecular weight is 289 g/mol. The van der Waals surface area contributed by atoms with Gasteiger partial charge in [0.1, 0.15) is 11.6 Å². The van der Waals surface area contributed by atoms with Crippen LogP contribution in [0.25, 0.3) is 0 Å². The molecule has 2 atom stereocenters. The van der Waals surface area contributed by atoms with E-state index in [0.29, 0.717) is 23.9 Å². The molecule has 2 aliphatic heterocycles. The molecule has 2 fully saturated rings. The maximum absolute atomic E-state index is 5.70. The van der Waals surface area contributed by atoms with Crippen molar-refractivity contribution in [2.45, 2.75) is 70.4 Å². The second-order valence-electron chi connectivity index (χ2n) is 6.95. The number of nitrogens with two attached hydrogens (primary N) is 1. The number of nitrogens with one attached hydrogen (secondary N) is 1. The molecule has 1 aromatic heterocycles. The van der Waals surface area contributed by atoms with Crippen molar-refractivity contribution in [1.29, 1.82) is 0 Å². The highest BCUT2D eigenvalue weighted by molar-refractivity contribution is 5.47. The molecular weight excluding hydrogens is 262 g/mol. The lowest BCUT2D eigenvalue weighted by atomic mass is 9.90. The number of hydrogen-bond donors (Lipinski definition) is 2. The van der Waals surface area contributed by atoms with Gasteiger partial charge in [-0.1, -0.05) is 13.8 Å². The van der Waals surface area contributed by atoms with Crippen molar-refractivity contribution in [2.75, 3.05) is 12.5 Å². The maximum atomic E-state index is 5.70. The molecule has 21 heavy (non-hydrogen) atoms. The molecule has 116 valence electrons. The van der Waals surface area contributed by atoms with Gasteiger partial charge in [-0.25, -0.2) is 15.8 Å². The van der Waals surface area contributed by atoms with Crippen LogP contribution in [0.3, 0.4) is 0 Å². The summed E-state index contributed by atoms with van der Waals surface area (Å²) in [4.78, 5) is 12.1. The maximum Gasteiger partial charge on any atom is 0.147 e. The minimum atomic E-state index is 0.374. The van der Waals surface area contributed by atoms with Crippen molar-refractivity contribution in [3.8, 4) is 0 Å². The first-order valence-corrected chi connectivity index (χ1v) is 8.08. The topological polar surface area (TPSA) is 67.1 Å². The van der Waals surface area contributed by atoms with Crippen LogP contribution >= 0.6 is 0 Å². The molecule has 0 saturated carbocycles. The Morgan fingerprint density at radius 3 is 2.33 bits per heavy atom. The van der Waals surface area contributed by atoms with Gasteiger partial charge in [0, 0.05) is 29.3 Å². The normalized spacial score (nSPS) is 29.1. The third kappa shape index (κ3) is 2.53. The molecule has 3 heterocycles. The largest absolute Gasteiger partial charge is 0.308 e. The van der Waals surface area contributed by atoms with Gasteiger partial charge in [0.05, 0.1) is 0 Å². The number of nitrogens with zero attached hydrogens (tertiary/aromatic N) is 3. The van der Waals surface area contributed by atoms with Crippen molar-refractivity contribution in [2.24, 2.45) is 5.84 Å². The monoisotopic (exact) mass is 289 g/mol. The van der Waals surface area contributed by atoms with Crippen LogP contribution in [0.4, 0.5) is 5.82 Å². The molecule has 0 spiro atoms. The summed E-state index contributed by atoms with van der Waals surface area (Å²) in [5, 5.41) is 0. The number of hydrogen-bond acceptors (Lipinski definition) is 5. The van der Waals surface area contributed by atoms with E-state index < -0.39 is 0 Å². The van der Waals surface area contributed by atoms with E-state index in [-0.39, 0.29) is 0 Å². The molecule has 3 rings (SSSR count). The standard InChI is InChI=1S/C16H27N5/c1-9(2)14-10(3)18-15(19-16(14)20-17)11-7-12-5-6-13(8-11)21(12)4/h9,11-13H,5-8,17H2,1-4H3,(H,18,19,20). The van der Waals surface area contributed by atoms with E-state index >= 15 is 0 Å². The van der Waals surface area contributed by atoms with Gasteiger partial charge >= 0.3 is 0 Å². The summed E-state index contributed by atoms with van der Waals surface area (Å²) in [5.74, 6) is 8.33. The van der Waals surface area contributed by atoms with Crippen LogP contribution in [0.5, 0.6) is 0 Å². The summed E-state index contributed by atoms with van der Waals surface area (Å²) in [6.07, 6.45) is 5.00. The van der Waals surface area contributed by atoms with E-state index in [2.05, 4.69) is 38.1 Å². The lowest BCUT2D eigenvalue weighted by Crippen LogP contribution is -2.39. The van der Waals surface area contributed by atoms with Crippen LogP contribution in [0, 0.1) is 6.92 Å². The van der Waals surface area contributed by atoms with E-state index in [0.717, 1.165) is 22.9 Å². The molecule has 0 radical (unpaired) electrons. The lowest BCUT2D eigenvalue weighted by Gasteiger charge is -2.35. The van der Waals surface area contributed by atoms with Gasteiger partial charge in [-0.3, -0.25) is 0 Å². The molecule has 2 unspecified atom stereocenters. The van der Waals surface area contributed by atoms with E-state index in [9.17, 15) is 0 Å². The van der Waals surface area contributed by atoms with Crippen LogP contribution in [0.1, 0.15) is 68.4 Å². The Morgan fingerprint density at radius 2 is 1.81 bits per heavy atom. The predicted octanol–water partition coefficient (Wildman–Crippen LogP) is 2.53. The Kier molecular flexibility index (Phi) is 3.88. The number of rotatable bonds is 3. The highest BCUT2D eigenvalue weighted by Gasteiger charge is 2.40. The summed E-state index contributed by atoms with van der Waals surface area (Å²) in [6.45, 7) is 6.38. The molecule has 2 bridgehead atoms. The Labute approximate surface area is 127 Å². The van der Waals surface area contributed by atoms with E-state index in [4.69, 9.17) is 15.8 Å². The molecule has 2 aliphatic rings. The Balaban J connectivity index is 1.91. The summed E-state index contributed by atoms with van der Waals surface area (Å²) in [7, 11) is 2.26. The first-order chi connectivity index (χ1) is 10.0. The van der Waals surface area contributed by atoms with Crippen LogP contribution in [0.2, 0.25) is 0 Å². The Bertz CT molecular complexity index is 514. The number of fused-ring (bicyclic) bond motifs is 2. The molecule has 0 aromatic carbocycles. The fourth-order valence-electron chi connectivity index (χ4n) is 4.21. The van der Waals surface area contributed by atoms with Gasteiger partial charge in [-0.15, -0.1) is 0 Å². The van der Waals surface area contributed by atoms with E-state index in [1.54, 1.807) is 0 Å². The van der Waals surface area contributed by atoms with Crippen LogP contribution in [0.15, 0.2) is 0 Å². The van der Waals surface area contributed by atoms with E-state index in [1.165, 1.54) is 25.7 Å². The first kappa shape index (κ1) is 14.7. The number of piperidine rings is 1. The molecule has 2 saturated heterocycles. The number of aromatic nitrogens is 2. The van der Waals surface area contributed by atoms with Crippen LogP contribution < -0.4 is 11.3 Å². The molecule has 0 amide bonds. The van der Waals surface area contributed by atoms with Crippen LogP contribution in [-0.4, -0.2) is 34.0 Å². The second kappa shape index (κ2) is 5.54. The quantitative estimate of drug-likeness (QED) is 0.661. The number of aryl methyl sites for hydroxylation is 1.